The van der Waals surface area contributed by atoms with Gasteiger partial charge in [-0.25, -0.2) is 0 Å². The van der Waals surface area contributed by atoms with Crippen LogP contribution >= 0.6 is 0 Å². The molecule has 0 fully saturated rings. The molecule has 0 radical (unpaired) electrons. The number of hydrogen-bond donors (Lipinski definition) is 2. The number of pyridine rings is 1. The van der Waals surface area contributed by atoms with Gasteiger partial charge in [-0.15, -0.1) is 0 Å². The van der Waals surface area contributed by atoms with E-state index in [1.807, 2.05) is 18.2 Å². The summed E-state index contributed by atoms with van der Waals surface area (Å²) >= 11 is 0. The quantitative estimate of drug-likeness (QED) is 0.864. The molecule has 3 N–H and O–H groups in total. The summed E-state index contributed by atoms with van der Waals surface area (Å²) in [5, 5.41) is 10.2. The SMILES string of the molecule is CC(CC(O)Cc1cnccc1N)c1ccccc1. The van der Waals surface area contributed by atoms with E-state index in [4.69, 9.17) is 5.73 Å². The third-order valence-corrected chi connectivity index (χ3v) is 3.39. The minimum Gasteiger partial charge on any atom is -0.398 e. The van der Waals surface area contributed by atoms with Gasteiger partial charge < -0.3 is 10.8 Å². The molecule has 0 saturated heterocycles. The van der Waals surface area contributed by atoms with Gasteiger partial charge in [0.05, 0.1) is 6.10 Å². The van der Waals surface area contributed by atoms with Crippen LogP contribution in [-0.2, 0) is 6.42 Å². The molecule has 0 bridgehead atoms. The zero-order valence-electron chi connectivity index (χ0n) is 11.2. The predicted molar refractivity (Wildman–Crippen MR) is 77.8 cm³/mol. The lowest BCUT2D eigenvalue weighted by atomic mass is 9.92. The van der Waals surface area contributed by atoms with E-state index in [2.05, 4.69) is 24.0 Å². The van der Waals surface area contributed by atoms with Crippen molar-refractivity contribution in [2.75, 3.05) is 5.73 Å². The smallest absolute Gasteiger partial charge is 0.0587 e. The van der Waals surface area contributed by atoms with E-state index in [9.17, 15) is 5.11 Å². The van der Waals surface area contributed by atoms with Gasteiger partial charge in [0.2, 0.25) is 0 Å². The molecule has 1 aromatic carbocycles. The van der Waals surface area contributed by atoms with Crippen molar-refractivity contribution >= 4 is 5.69 Å². The number of aliphatic hydroxyl groups excluding tert-OH is 1. The van der Waals surface area contributed by atoms with Crippen molar-refractivity contribution in [3.63, 3.8) is 0 Å². The molecule has 0 amide bonds. The predicted octanol–water partition coefficient (Wildman–Crippen LogP) is 2.76. The highest BCUT2D eigenvalue weighted by molar-refractivity contribution is 5.44. The van der Waals surface area contributed by atoms with Crippen LogP contribution in [0.4, 0.5) is 5.69 Å². The first-order chi connectivity index (χ1) is 9.16. The number of anilines is 1. The van der Waals surface area contributed by atoms with Crippen LogP contribution in [0.15, 0.2) is 48.8 Å². The number of hydrogen-bond acceptors (Lipinski definition) is 3. The maximum Gasteiger partial charge on any atom is 0.0587 e. The Balaban J connectivity index is 1.95. The summed E-state index contributed by atoms with van der Waals surface area (Å²) in [5.74, 6) is 0.328. The molecule has 1 heterocycles. The van der Waals surface area contributed by atoms with Crippen LogP contribution in [0.2, 0.25) is 0 Å². The van der Waals surface area contributed by atoms with Gasteiger partial charge in [0, 0.05) is 24.5 Å². The highest BCUT2D eigenvalue weighted by Gasteiger charge is 2.13. The minimum absolute atomic E-state index is 0.328. The van der Waals surface area contributed by atoms with Crippen LogP contribution < -0.4 is 5.73 Å². The lowest BCUT2D eigenvalue weighted by molar-refractivity contribution is 0.157. The van der Waals surface area contributed by atoms with E-state index >= 15 is 0 Å². The molecular formula is C16H20N2O. The van der Waals surface area contributed by atoms with Gasteiger partial charge in [0.1, 0.15) is 0 Å². The van der Waals surface area contributed by atoms with E-state index in [0.29, 0.717) is 18.0 Å². The molecule has 2 unspecified atom stereocenters. The maximum absolute atomic E-state index is 10.2. The lowest BCUT2D eigenvalue weighted by Crippen LogP contribution is -2.15. The number of aromatic nitrogens is 1. The number of aliphatic hydroxyl groups is 1. The number of nitrogens with zero attached hydrogens (tertiary/aromatic N) is 1. The highest BCUT2D eigenvalue weighted by Crippen LogP contribution is 2.22. The molecule has 0 saturated carbocycles. The largest absolute Gasteiger partial charge is 0.398 e. The second-order valence-electron chi connectivity index (χ2n) is 4.98. The van der Waals surface area contributed by atoms with E-state index in [0.717, 1.165) is 12.0 Å². The average molecular weight is 256 g/mol. The van der Waals surface area contributed by atoms with Crippen LogP contribution in [0.5, 0.6) is 0 Å². The van der Waals surface area contributed by atoms with Crippen LogP contribution in [0.1, 0.15) is 30.4 Å². The van der Waals surface area contributed by atoms with Crippen LogP contribution in [0.25, 0.3) is 0 Å². The lowest BCUT2D eigenvalue weighted by Gasteiger charge is -2.17. The minimum atomic E-state index is -0.401. The van der Waals surface area contributed by atoms with Crippen LogP contribution in [0, 0.1) is 0 Å². The maximum atomic E-state index is 10.2. The Bertz CT molecular complexity index is 513. The van der Waals surface area contributed by atoms with Crippen molar-refractivity contribution in [2.24, 2.45) is 0 Å². The van der Waals surface area contributed by atoms with Crippen molar-refractivity contribution < 1.29 is 5.11 Å². The molecule has 2 atom stereocenters. The summed E-state index contributed by atoms with van der Waals surface area (Å²) in [4.78, 5) is 4.04. The van der Waals surface area contributed by atoms with Gasteiger partial charge >= 0.3 is 0 Å². The van der Waals surface area contributed by atoms with E-state index in [1.54, 1.807) is 18.5 Å². The molecule has 0 aliphatic carbocycles. The molecule has 0 aliphatic heterocycles. The summed E-state index contributed by atoms with van der Waals surface area (Å²) in [6, 6.07) is 12.0. The fourth-order valence-electron chi connectivity index (χ4n) is 2.27. The highest BCUT2D eigenvalue weighted by atomic mass is 16.3. The van der Waals surface area contributed by atoms with Crippen molar-refractivity contribution in [2.45, 2.75) is 31.8 Å². The summed E-state index contributed by atoms with van der Waals surface area (Å²) in [5.41, 5.74) is 8.72. The molecule has 0 aliphatic rings. The zero-order valence-corrected chi connectivity index (χ0v) is 11.2. The summed E-state index contributed by atoms with van der Waals surface area (Å²) < 4.78 is 0. The van der Waals surface area contributed by atoms with Crippen LogP contribution in [-0.4, -0.2) is 16.2 Å². The fraction of sp³-hybridized carbons (Fsp3) is 0.312. The van der Waals surface area contributed by atoms with Gasteiger partial charge in [0.25, 0.3) is 0 Å². The topological polar surface area (TPSA) is 59.1 Å². The monoisotopic (exact) mass is 256 g/mol. The molecule has 0 spiro atoms. The Morgan fingerprint density at radius 2 is 1.95 bits per heavy atom. The molecule has 2 aromatic rings. The van der Waals surface area contributed by atoms with Crippen molar-refractivity contribution in [1.82, 2.24) is 4.98 Å². The third-order valence-electron chi connectivity index (χ3n) is 3.39. The van der Waals surface area contributed by atoms with Gasteiger partial charge in [0.15, 0.2) is 0 Å². The average Bonchev–Trinajstić information content (AvgIpc) is 2.42. The molecule has 3 heteroatoms. The Labute approximate surface area is 114 Å². The van der Waals surface area contributed by atoms with Gasteiger partial charge in [-0.2, -0.15) is 0 Å². The number of nitrogens with two attached hydrogens (primary N) is 1. The third kappa shape index (κ3) is 3.80. The second-order valence-corrected chi connectivity index (χ2v) is 4.98. The Kier molecular flexibility index (Phi) is 4.53. The van der Waals surface area contributed by atoms with Gasteiger partial charge in [-0.05, 0) is 29.5 Å². The Hall–Kier alpha value is -1.87. The first-order valence-corrected chi connectivity index (χ1v) is 6.58. The van der Waals surface area contributed by atoms with E-state index in [-0.39, 0.29) is 0 Å². The summed E-state index contributed by atoms with van der Waals surface area (Å²) in [6.07, 6.45) is 4.26. The number of nitrogen functional groups attached to an aromatic ring is 1. The van der Waals surface area contributed by atoms with E-state index in [1.165, 1.54) is 5.56 Å². The Morgan fingerprint density at radius 1 is 1.21 bits per heavy atom. The van der Waals surface area contributed by atoms with Crippen molar-refractivity contribution in [3.05, 3.63) is 59.9 Å². The normalized spacial score (nSPS) is 14.0. The fourth-order valence-corrected chi connectivity index (χ4v) is 2.27. The van der Waals surface area contributed by atoms with Crippen molar-refractivity contribution in [1.29, 1.82) is 0 Å². The van der Waals surface area contributed by atoms with Gasteiger partial charge in [-0.3, -0.25) is 4.98 Å². The van der Waals surface area contributed by atoms with Crippen molar-refractivity contribution in [3.8, 4) is 0 Å². The molecule has 100 valence electrons. The Morgan fingerprint density at radius 3 is 2.63 bits per heavy atom. The molecule has 19 heavy (non-hydrogen) atoms. The molecule has 3 nitrogen and oxygen atoms in total. The summed E-state index contributed by atoms with van der Waals surface area (Å²) in [7, 11) is 0. The molecular weight excluding hydrogens is 236 g/mol. The number of rotatable bonds is 5. The van der Waals surface area contributed by atoms with Crippen LogP contribution in [0.3, 0.4) is 0 Å². The molecule has 2 rings (SSSR count). The first kappa shape index (κ1) is 13.6. The first-order valence-electron chi connectivity index (χ1n) is 6.58. The second kappa shape index (κ2) is 6.34. The van der Waals surface area contributed by atoms with E-state index < -0.39 is 6.10 Å². The molecule has 1 aromatic heterocycles. The summed E-state index contributed by atoms with van der Waals surface area (Å²) in [6.45, 7) is 2.13. The standard InChI is InChI=1S/C16H20N2O/c1-12(13-5-3-2-4-6-13)9-15(19)10-14-11-18-8-7-16(14)17/h2-8,11-12,15,19H,9-10H2,1H3,(H2,17,18). The van der Waals surface area contributed by atoms with Gasteiger partial charge in [-0.1, -0.05) is 37.3 Å². The zero-order chi connectivity index (χ0) is 13.7. The number of benzene rings is 1.